The zero-order valence-corrected chi connectivity index (χ0v) is 29.3. The molecule has 4 heterocycles. The van der Waals surface area contributed by atoms with Crippen molar-refractivity contribution < 1.29 is 14.3 Å². The number of ether oxygens (including phenoxy) is 1. The second-order valence-electron chi connectivity index (χ2n) is 14.4. The van der Waals surface area contributed by atoms with Gasteiger partial charge in [-0.25, -0.2) is 19.7 Å². The van der Waals surface area contributed by atoms with E-state index in [1.165, 1.54) is 0 Å². The third-order valence-electron chi connectivity index (χ3n) is 9.92. The molecule has 258 valence electrons. The highest BCUT2D eigenvalue weighted by molar-refractivity contribution is 5.85. The van der Waals surface area contributed by atoms with Gasteiger partial charge in [-0.1, -0.05) is 24.3 Å². The Bertz CT molecular complexity index is 2060. The molecule has 0 bridgehead atoms. The lowest BCUT2D eigenvalue weighted by molar-refractivity contribution is -0.129. The number of nitrogen functional groups attached to an aromatic ring is 1. The van der Waals surface area contributed by atoms with Gasteiger partial charge in [0.25, 0.3) is 0 Å². The molecule has 1 saturated heterocycles. The Morgan fingerprint density at radius 1 is 1.00 bits per heavy atom. The number of imidazole rings is 1. The number of fused-ring (bicyclic) bond motifs is 1. The van der Waals surface area contributed by atoms with Crippen LogP contribution in [0.4, 0.5) is 16.3 Å². The number of hydrogen-bond acceptors (Lipinski definition) is 8. The predicted octanol–water partition coefficient (Wildman–Crippen LogP) is 6.69. The molecule has 1 atom stereocenters. The number of hydrogen-bond donors (Lipinski definition) is 2. The van der Waals surface area contributed by atoms with Gasteiger partial charge in [0.15, 0.2) is 11.5 Å². The van der Waals surface area contributed by atoms with Gasteiger partial charge in [-0.05, 0) is 101 Å². The lowest BCUT2D eigenvalue weighted by Gasteiger charge is -2.43. The van der Waals surface area contributed by atoms with Crippen LogP contribution in [0.5, 0.6) is 0 Å². The summed E-state index contributed by atoms with van der Waals surface area (Å²) >= 11 is 0. The van der Waals surface area contributed by atoms with E-state index in [0.29, 0.717) is 22.9 Å². The smallest absolute Gasteiger partial charge is 0.408 e. The van der Waals surface area contributed by atoms with Crippen molar-refractivity contribution in [3.8, 4) is 28.3 Å². The van der Waals surface area contributed by atoms with Crippen molar-refractivity contribution in [2.75, 3.05) is 30.8 Å². The first-order valence-electron chi connectivity index (χ1n) is 17.2. The molecule has 1 unspecified atom stereocenters. The van der Waals surface area contributed by atoms with Crippen LogP contribution in [-0.2, 0) is 15.1 Å². The molecule has 0 radical (unpaired) electrons. The quantitative estimate of drug-likeness (QED) is 0.196. The van der Waals surface area contributed by atoms with Crippen LogP contribution in [0, 0.1) is 0 Å². The van der Waals surface area contributed by atoms with Crippen molar-refractivity contribution in [2.45, 2.75) is 70.6 Å². The SMILES string of the molecule is CC(=O)N(C)C1CCN(c2cccc(-c3ccc4nc(-c5cccnc5N)n(-c5ccc(C6(NC(=O)OC(C)(C)C)CCC6)cc5)c4n3)c2)C1. The number of nitrogens with two attached hydrogens (primary N) is 1. The van der Waals surface area contributed by atoms with E-state index in [1.807, 2.05) is 73.7 Å². The standard InChI is InChI=1S/C39H44N8O3/c1-25(48)45(5)30-18-22-46(24-30)29-10-6-9-26(23-29)32-16-17-33-36(42-32)47(35(43-33)31-11-7-21-41-34(31)40)28-14-12-27(13-15-28)39(19-8-20-39)44-37(49)50-38(2,3)4/h6-7,9-17,21,23,30H,8,18-20,22,24H2,1-5H3,(H2,40,41)(H,44,49). The highest BCUT2D eigenvalue weighted by atomic mass is 16.6. The van der Waals surface area contributed by atoms with Crippen molar-refractivity contribution in [1.82, 2.24) is 29.7 Å². The molecular formula is C39H44N8O3. The van der Waals surface area contributed by atoms with E-state index in [2.05, 4.69) is 51.6 Å². The fraction of sp³-hybridized carbons (Fsp3) is 0.359. The molecule has 1 aliphatic heterocycles. The number of likely N-dealkylation sites (N-methyl/N-ethyl adjacent to an activating group) is 1. The summed E-state index contributed by atoms with van der Waals surface area (Å²) in [5.41, 5.74) is 12.2. The number of amides is 2. The number of alkyl carbamates (subject to hydrolysis) is 1. The summed E-state index contributed by atoms with van der Waals surface area (Å²) in [6, 6.07) is 24.6. The maximum absolute atomic E-state index is 12.8. The lowest BCUT2D eigenvalue weighted by atomic mass is 9.72. The summed E-state index contributed by atoms with van der Waals surface area (Å²) < 4.78 is 7.62. The van der Waals surface area contributed by atoms with Gasteiger partial charge in [0, 0.05) is 50.2 Å². The zero-order valence-electron chi connectivity index (χ0n) is 29.3. The molecule has 5 aromatic rings. The third-order valence-corrected chi connectivity index (χ3v) is 9.92. The Labute approximate surface area is 292 Å². The highest BCUT2D eigenvalue weighted by Crippen LogP contribution is 2.42. The highest BCUT2D eigenvalue weighted by Gasteiger charge is 2.41. The van der Waals surface area contributed by atoms with Gasteiger partial charge in [0.05, 0.1) is 22.8 Å². The Morgan fingerprint density at radius 3 is 2.46 bits per heavy atom. The van der Waals surface area contributed by atoms with E-state index >= 15 is 0 Å². The monoisotopic (exact) mass is 672 g/mol. The summed E-state index contributed by atoms with van der Waals surface area (Å²) in [5.74, 6) is 1.10. The number of pyridine rings is 2. The topological polar surface area (TPSA) is 132 Å². The largest absolute Gasteiger partial charge is 0.444 e. The summed E-state index contributed by atoms with van der Waals surface area (Å²) in [4.78, 5) is 43.5. The van der Waals surface area contributed by atoms with Crippen LogP contribution in [0.25, 0.3) is 39.5 Å². The van der Waals surface area contributed by atoms with Crippen LogP contribution >= 0.6 is 0 Å². The second-order valence-corrected chi connectivity index (χ2v) is 14.4. The van der Waals surface area contributed by atoms with Gasteiger partial charge in [0.1, 0.15) is 16.9 Å². The van der Waals surface area contributed by atoms with E-state index in [1.54, 1.807) is 13.1 Å². The molecule has 2 amide bonds. The van der Waals surface area contributed by atoms with Crippen LogP contribution in [-0.4, -0.2) is 68.2 Å². The number of aromatic nitrogens is 4. The average molecular weight is 673 g/mol. The molecular weight excluding hydrogens is 628 g/mol. The Kier molecular flexibility index (Phi) is 8.45. The summed E-state index contributed by atoms with van der Waals surface area (Å²) in [5, 5.41) is 3.16. The van der Waals surface area contributed by atoms with Crippen molar-refractivity contribution >= 4 is 34.7 Å². The Balaban J connectivity index is 1.26. The average Bonchev–Trinajstić information content (AvgIpc) is 3.71. The fourth-order valence-electron chi connectivity index (χ4n) is 7.01. The van der Waals surface area contributed by atoms with Crippen LogP contribution < -0.4 is 16.0 Å². The molecule has 3 N–H and O–H groups in total. The van der Waals surface area contributed by atoms with Crippen molar-refractivity contribution in [1.29, 1.82) is 0 Å². The summed E-state index contributed by atoms with van der Waals surface area (Å²) in [6.45, 7) is 8.89. The first kappa shape index (κ1) is 33.1. The van der Waals surface area contributed by atoms with Gasteiger partial charge < -0.3 is 25.6 Å². The molecule has 0 spiro atoms. The van der Waals surface area contributed by atoms with Gasteiger partial charge in [0.2, 0.25) is 5.91 Å². The third kappa shape index (κ3) is 6.35. The number of rotatable bonds is 7. The van der Waals surface area contributed by atoms with E-state index in [-0.39, 0.29) is 11.9 Å². The number of benzene rings is 2. The molecule has 7 rings (SSSR count). The number of nitrogens with zero attached hydrogens (tertiary/aromatic N) is 6. The molecule has 3 aromatic heterocycles. The summed E-state index contributed by atoms with van der Waals surface area (Å²) in [7, 11) is 1.88. The first-order chi connectivity index (χ1) is 23.9. The second kappa shape index (κ2) is 12.8. The molecule has 2 aliphatic rings. The molecule has 11 heteroatoms. The molecule has 2 aromatic carbocycles. The van der Waals surface area contributed by atoms with E-state index in [9.17, 15) is 9.59 Å². The fourth-order valence-corrected chi connectivity index (χ4v) is 7.01. The predicted molar refractivity (Wildman–Crippen MR) is 196 cm³/mol. The van der Waals surface area contributed by atoms with Crippen LogP contribution in [0.2, 0.25) is 0 Å². The Morgan fingerprint density at radius 2 is 1.78 bits per heavy atom. The minimum Gasteiger partial charge on any atom is -0.444 e. The van der Waals surface area contributed by atoms with Gasteiger partial charge >= 0.3 is 6.09 Å². The number of anilines is 2. The molecule has 11 nitrogen and oxygen atoms in total. The van der Waals surface area contributed by atoms with Gasteiger partial charge in [-0.2, -0.15) is 0 Å². The molecule has 1 saturated carbocycles. The van der Waals surface area contributed by atoms with Crippen molar-refractivity contribution in [2.24, 2.45) is 0 Å². The van der Waals surface area contributed by atoms with Gasteiger partial charge in [-0.3, -0.25) is 9.36 Å². The Hall–Kier alpha value is -5.45. The van der Waals surface area contributed by atoms with Gasteiger partial charge in [-0.15, -0.1) is 0 Å². The van der Waals surface area contributed by atoms with Crippen LogP contribution in [0.3, 0.4) is 0 Å². The number of nitrogens with one attached hydrogen (secondary N) is 1. The van der Waals surface area contributed by atoms with E-state index in [0.717, 1.165) is 72.5 Å². The minimum atomic E-state index is -0.580. The van der Waals surface area contributed by atoms with E-state index < -0.39 is 17.2 Å². The van der Waals surface area contributed by atoms with Crippen molar-refractivity contribution in [3.63, 3.8) is 0 Å². The lowest BCUT2D eigenvalue weighted by Crippen LogP contribution is -2.52. The van der Waals surface area contributed by atoms with Crippen molar-refractivity contribution in [3.05, 3.63) is 84.6 Å². The normalized spacial score (nSPS) is 17.0. The summed E-state index contributed by atoms with van der Waals surface area (Å²) in [6.07, 6.45) is 4.89. The molecule has 1 aliphatic carbocycles. The molecule has 2 fully saturated rings. The minimum absolute atomic E-state index is 0.0850. The zero-order chi connectivity index (χ0) is 35.2. The maximum Gasteiger partial charge on any atom is 0.408 e. The van der Waals surface area contributed by atoms with E-state index in [4.69, 9.17) is 20.4 Å². The molecule has 50 heavy (non-hydrogen) atoms. The number of carbonyl (C=O) groups is 2. The van der Waals surface area contributed by atoms with Crippen LogP contribution in [0.1, 0.15) is 58.9 Å². The number of carbonyl (C=O) groups excluding carboxylic acids is 2. The van der Waals surface area contributed by atoms with Crippen LogP contribution in [0.15, 0.2) is 79.0 Å². The maximum atomic E-state index is 12.8. The first-order valence-corrected chi connectivity index (χ1v) is 17.2.